The second-order valence-electron chi connectivity index (χ2n) is 14.4. The van der Waals surface area contributed by atoms with Crippen molar-refractivity contribution in [3.05, 3.63) is 71.8 Å². The second-order valence-corrected chi connectivity index (χ2v) is 14.4. The number of benzene rings is 2. The van der Waals surface area contributed by atoms with Crippen molar-refractivity contribution < 1.29 is 38.0 Å². The molecule has 12 nitrogen and oxygen atoms in total. The van der Waals surface area contributed by atoms with E-state index in [1.807, 2.05) is 26.0 Å². The van der Waals surface area contributed by atoms with Gasteiger partial charge in [0.1, 0.15) is 18.3 Å². The molecule has 5 rings (SSSR count). The maximum Gasteiger partial charge on any atom is 0.338 e. The Hall–Kier alpha value is -2.94. The molecule has 0 aromatic heterocycles. The van der Waals surface area contributed by atoms with Crippen molar-refractivity contribution in [2.75, 3.05) is 0 Å². The number of nitrogens with two attached hydrogens (primary N) is 4. The fourth-order valence-corrected chi connectivity index (χ4v) is 7.41. The summed E-state index contributed by atoms with van der Waals surface area (Å²) in [5.74, 6) is -0.998. The molecule has 1 aliphatic carbocycles. The van der Waals surface area contributed by atoms with E-state index in [0.29, 0.717) is 11.1 Å². The van der Waals surface area contributed by atoms with E-state index in [1.165, 1.54) is 0 Å². The average molecular weight is 683 g/mol. The summed E-state index contributed by atoms with van der Waals surface area (Å²) in [4.78, 5) is 26.8. The Balaban J connectivity index is 1.49. The van der Waals surface area contributed by atoms with Gasteiger partial charge in [-0.2, -0.15) is 0 Å². The lowest BCUT2D eigenvalue weighted by Crippen LogP contribution is -2.67. The Bertz CT molecular complexity index is 1380. The van der Waals surface area contributed by atoms with Crippen LogP contribution in [-0.4, -0.2) is 85.3 Å². The van der Waals surface area contributed by atoms with E-state index in [4.69, 9.17) is 51.4 Å². The summed E-state index contributed by atoms with van der Waals surface area (Å²) in [7, 11) is 0. The quantitative estimate of drug-likeness (QED) is 0.268. The van der Waals surface area contributed by atoms with Gasteiger partial charge in [0.2, 0.25) is 0 Å². The third-order valence-corrected chi connectivity index (χ3v) is 10.5. The van der Waals surface area contributed by atoms with Crippen molar-refractivity contribution in [1.29, 1.82) is 0 Å². The van der Waals surface area contributed by atoms with Crippen molar-refractivity contribution in [2.45, 2.75) is 121 Å². The highest BCUT2D eigenvalue weighted by molar-refractivity contribution is 5.90. The van der Waals surface area contributed by atoms with Crippen LogP contribution in [0.2, 0.25) is 0 Å². The Morgan fingerprint density at radius 2 is 1.14 bits per heavy atom. The van der Waals surface area contributed by atoms with Gasteiger partial charge in [-0.25, -0.2) is 9.59 Å². The molecule has 5 unspecified atom stereocenters. The maximum absolute atomic E-state index is 13.5. The summed E-state index contributed by atoms with van der Waals surface area (Å²) in [6.45, 7) is 12.1. The molecule has 0 spiro atoms. The summed E-state index contributed by atoms with van der Waals surface area (Å²) >= 11 is 0. The van der Waals surface area contributed by atoms with E-state index in [2.05, 4.69) is 27.7 Å². The third-order valence-electron chi connectivity index (χ3n) is 10.5. The van der Waals surface area contributed by atoms with Crippen molar-refractivity contribution in [2.24, 2.45) is 46.6 Å². The van der Waals surface area contributed by atoms with E-state index in [9.17, 15) is 9.59 Å². The molecule has 3 aliphatic rings. The minimum Gasteiger partial charge on any atom is -0.454 e. The van der Waals surface area contributed by atoms with Crippen LogP contribution in [0.25, 0.3) is 0 Å². The van der Waals surface area contributed by atoms with Gasteiger partial charge in [-0.1, -0.05) is 71.0 Å². The third kappa shape index (κ3) is 8.18. The van der Waals surface area contributed by atoms with Crippen LogP contribution in [0, 0.1) is 23.7 Å². The number of hydrogen-bond donors (Lipinski definition) is 4. The minimum absolute atomic E-state index is 0.0758. The van der Waals surface area contributed by atoms with Crippen LogP contribution < -0.4 is 22.9 Å². The predicted octanol–water partition coefficient (Wildman–Crippen LogP) is 2.95. The molecule has 2 aliphatic heterocycles. The monoisotopic (exact) mass is 682 g/mol. The number of rotatable bonds is 10. The van der Waals surface area contributed by atoms with Crippen LogP contribution in [0.4, 0.5) is 0 Å². The lowest BCUT2D eigenvalue weighted by Gasteiger charge is -2.49. The average Bonchev–Trinajstić information content (AvgIpc) is 3.39. The highest BCUT2D eigenvalue weighted by Crippen LogP contribution is 2.39. The van der Waals surface area contributed by atoms with Gasteiger partial charge in [0.15, 0.2) is 18.7 Å². The highest BCUT2D eigenvalue weighted by atomic mass is 16.7. The largest absolute Gasteiger partial charge is 0.454 e. The molecule has 49 heavy (non-hydrogen) atoms. The van der Waals surface area contributed by atoms with Gasteiger partial charge < -0.3 is 51.4 Å². The molecule has 2 aromatic rings. The molecular formula is C37H54N4O8. The Morgan fingerprint density at radius 3 is 1.67 bits per heavy atom. The molecule has 0 bridgehead atoms. The molecule has 270 valence electrons. The van der Waals surface area contributed by atoms with E-state index >= 15 is 0 Å². The fraction of sp³-hybridized carbons (Fsp3) is 0.622. The standard InChI is InChI=1S/C37H54N4O8/c1-18(2)28-20(4)19(3)27(41)36(46-28)48-32-26(40)17-25(39)31(45-35(43)24-15-11-8-12-16-24)33(32)49-37-30(21(5)29(47-37)22(6)38)44-34(42)23-13-9-7-10-14-23/h7-16,18-22,25-33,36-37H,17,38-41H2,1-6H3/t19-,20-,21-,22-,25+,26?,27?,28?,29-,30?,31?,32+,33+,36+,37-/m0/s1. The zero-order valence-corrected chi connectivity index (χ0v) is 29.3. The SMILES string of the molecule is CC(C)C1O[C@H](O[C@@H]2C(N)C[C@@H](N)C(OC(=O)c3ccccc3)[C@H]2O[C@@H]2O[C@H]([C@H](C)N)[C@H](C)C2OC(=O)c2ccccc2)C(N)[C@@H](C)[C@@H]1C. The molecule has 3 fully saturated rings. The summed E-state index contributed by atoms with van der Waals surface area (Å²) < 4.78 is 38.5. The summed E-state index contributed by atoms with van der Waals surface area (Å²) in [5, 5.41) is 0. The van der Waals surface area contributed by atoms with Crippen molar-refractivity contribution >= 4 is 11.9 Å². The van der Waals surface area contributed by atoms with Crippen LogP contribution in [0.1, 0.15) is 68.7 Å². The molecule has 8 N–H and O–H groups in total. The molecule has 0 radical (unpaired) electrons. The highest BCUT2D eigenvalue weighted by Gasteiger charge is 2.54. The lowest BCUT2D eigenvalue weighted by atomic mass is 9.78. The van der Waals surface area contributed by atoms with Gasteiger partial charge in [0.25, 0.3) is 0 Å². The van der Waals surface area contributed by atoms with Gasteiger partial charge in [0, 0.05) is 24.0 Å². The normalized spacial score (nSPS) is 38.6. The van der Waals surface area contributed by atoms with Crippen LogP contribution in [0.3, 0.4) is 0 Å². The molecule has 2 saturated heterocycles. The second kappa shape index (κ2) is 15.9. The van der Waals surface area contributed by atoms with Gasteiger partial charge in [-0.05, 0) is 55.4 Å². The topological polar surface area (TPSA) is 194 Å². The molecule has 0 amide bonds. The summed E-state index contributed by atoms with van der Waals surface area (Å²) in [5.41, 5.74) is 27.3. The number of carbonyl (C=O) groups is 2. The van der Waals surface area contributed by atoms with Crippen LogP contribution in [0.15, 0.2) is 60.7 Å². The first kappa shape index (κ1) is 37.3. The molecule has 12 heteroatoms. The lowest BCUT2D eigenvalue weighted by molar-refractivity contribution is -0.300. The van der Waals surface area contributed by atoms with Crippen molar-refractivity contribution in [3.63, 3.8) is 0 Å². The van der Waals surface area contributed by atoms with Crippen LogP contribution in [0.5, 0.6) is 0 Å². The smallest absolute Gasteiger partial charge is 0.338 e. The number of carbonyl (C=O) groups excluding carboxylic acids is 2. The molecule has 2 aromatic carbocycles. The Morgan fingerprint density at radius 1 is 0.653 bits per heavy atom. The zero-order valence-electron chi connectivity index (χ0n) is 29.3. The van der Waals surface area contributed by atoms with E-state index in [0.717, 1.165) is 0 Å². The van der Waals surface area contributed by atoms with Gasteiger partial charge in [-0.15, -0.1) is 0 Å². The number of ether oxygens (including phenoxy) is 6. The minimum atomic E-state index is -1.12. The number of hydrogen-bond acceptors (Lipinski definition) is 12. The van der Waals surface area contributed by atoms with E-state index < -0.39 is 79.2 Å². The van der Waals surface area contributed by atoms with Crippen LogP contribution >= 0.6 is 0 Å². The van der Waals surface area contributed by atoms with E-state index in [-0.39, 0.29) is 36.2 Å². The number of esters is 2. The van der Waals surface area contributed by atoms with Gasteiger partial charge >= 0.3 is 11.9 Å². The summed E-state index contributed by atoms with van der Waals surface area (Å²) in [6, 6.07) is 15.0. The van der Waals surface area contributed by atoms with E-state index in [1.54, 1.807) is 48.5 Å². The first-order valence-electron chi connectivity index (χ1n) is 17.4. The summed E-state index contributed by atoms with van der Waals surface area (Å²) in [6.07, 6.45) is -6.15. The van der Waals surface area contributed by atoms with Crippen molar-refractivity contribution in [3.8, 4) is 0 Å². The molecule has 15 atom stereocenters. The predicted molar refractivity (Wildman–Crippen MR) is 183 cm³/mol. The van der Waals surface area contributed by atoms with Crippen LogP contribution in [-0.2, 0) is 28.4 Å². The first-order chi connectivity index (χ1) is 23.3. The zero-order chi connectivity index (χ0) is 35.6. The first-order valence-corrected chi connectivity index (χ1v) is 17.4. The Kier molecular flexibility index (Phi) is 12.1. The molecule has 1 saturated carbocycles. The molecular weight excluding hydrogens is 628 g/mol. The van der Waals surface area contributed by atoms with Gasteiger partial charge in [0.05, 0.1) is 29.4 Å². The Labute approximate surface area is 289 Å². The molecule has 2 heterocycles. The van der Waals surface area contributed by atoms with Crippen molar-refractivity contribution in [1.82, 2.24) is 0 Å². The maximum atomic E-state index is 13.5. The van der Waals surface area contributed by atoms with Gasteiger partial charge in [-0.3, -0.25) is 0 Å². The fourth-order valence-electron chi connectivity index (χ4n) is 7.41.